The summed E-state index contributed by atoms with van der Waals surface area (Å²) in [5.41, 5.74) is 0.243. The molecule has 6 nitrogen and oxygen atoms in total. The van der Waals surface area contributed by atoms with E-state index in [9.17, 15) is 13.2 Å². The van der Waals surface area contributed by atoms with Gasteiger partial charge in [-0.2, -0.15) is 4.31 Å². The number of piperidine rings is 1. The van der Waals surface area contributed by atoms with Gasteiger partial charge >= 0.3 is 5.97 Å². The maximum Gasteiger partial charge on any atom is 0.337 e. The van der Waals surface area contributed by atoms with E-state index < -0.39 is 16.0 Å². The Morgan fingerprint density at radius 1 is 1.25 bits per heavy atom. The summed E-state index contributed by atoms with van der Waals surface area (Å²) in [6.07, 6.45) is 3.91. The summed E-state index contributed by atoms with van der Waals surface area (Å²) in [6, 6.07) is 6.85. The van der Waals surface area contributed by atoms with Crippen molar-refractivity contribution in [1.29, 1.82) is 0 Å². The van der Waals surface area contributed by atoms with Gasteiger partial charge in [-0.05, 0) is 43.9 Å². The normalized spacial score (nSPS) is 26.0. The first kappa shape index (κ1) is 19.2. The fourth-order valence-electron chi connectivity index (χ4n) is 3.59. The number of carbonyl (C=O) groups is 1. The van der Waals surface area contributed by atoms with Gasteiger partial charge in [-0.25, -0.2) is 13.2 Å². The molecule has 2 bridgehead atoms. The number of esters is 1. The second-order valence-corrected chi connectivity index (χ2v) is 8.30. The van der Waals surface area contributed by atoms with Gasteiger partial charge in [-0.3, -0.25) is 0 Å². The minimum absolute atomic E-state index is 0. The molecule has 2 atom stereocenters. The van der Waals surface area contributed by atoms with E-state index in [0.717, 1.165) is 25.7 Å². The van der Waals surface area contributed by atoms with E-state index in [-0.39, 0.29) is 28.9 Å². The highest BCUT2D eigenvalue weighted by Gasteiger charge is 2.38. The van der Waals surface area contributed by atoms with Crippen LogP contribution in [0.25, 0.3) is 0 Å². The van der Waals surface area contributed by atoms with Gasteiger partial charge in [0.25, 0.3) is 0 Å². The number of fused-ring (bicyclic) bond motifs is 2. The largest absolute Gasteiger partial charge is 0.465 e. The third-order valence-electron chi connectivity index (χ3n) is 4.89. The molecule has 0 saturated carbocycles. The van der Waals surface area contributed by atoms with Gasteiger partial charge in [0.15, 0.2) is 0 Å². The number of nitrogens with one attached hydrogen (secondary N) is 1. The lowest BCUT2D eigenvalue weighted by atomic mass is 10.0. The highest BCUT2D eigenvalue weighted by molar-refractivity contribution is 7.89. The van der Waals surface area contributed by atoms with Crippen LogP contribution in [0.4, 0.5) is 0 Å². The van der Waals surface area contributed by atoms with E-state index in [1.54, 1.807) is 19.2 Å². The number of halogens is 1. The fraction of sp³-hybridized carbons (Fsp3) is 0.562. The Hall–Kier alpha value is -1.15. The molecule has 2 aliphatic rings. The molecule has 1 aromatic carbocycles. The molecular weight excluding hydrogens is 352 g/mol. The molecule has 3 rings (SSSR count). The number of methoxy groups -OCH3 is 1. The molecule has 2 saturated heterocycles. The molecule has 1 N–H and O–H groups in total. The molecule has 8 heteroatoms. The molecule has 0 aromatic heterocycles. The zero-order chi connectivity index (χ0) is 16.6. The number of sulfonamides is 1. The van der Waals surface area contributed by atoms with E-state index in [1.807, 2.05) is 0 Å². The van der Waals surface area contributed by atoms with Crippen LogP contribution in [0.1, 0.15) is 36.0 Å². The summed E-state index contributed by atoms with van der Waals surface area (Å²) in [6.45, 7) is 0. The van der Waals surface area contributed by atoms with E-state index in [4.69, 9.17) is 0 Å². The summed E-state index contributed by atoms with van der Waals surface area (Å²) >= 11 is 0. The number of nitrogens with zero attached hydrogens (tertiary/aromatic N) is 1. The first-order chi connectivity index (χ1) is 10.9. The number of benzene rings is 1. The first-order valence-corrected chi connectivity index (χ1v) is 9.28. The molecule has 0 radical (unpaired) electrons. The number of carbonyl (C=O) groups excluding carboxylic acids is 1. The minimum atomic E-state index is -3.62. The average Bonchev–Trinajstić information content (AvgIpc) is 2.91. The predicted octanol–water partition coefficient (Wildman–Crippen LogP) is 1.80. The third kappa shape index (κ3) is 3.59. The molecule has 134 valence electrons. The molecule has 0 aliphatic carbocycles. The second-order valence-electron chi connectivity index (χ2n) is 6.30. The summed E-state index contributed by atoms with van der Waals surface area (Å²) in [5, 5.41) is 3.52. The Morgan fingerprint density at radius 2 is 1.88 bits per heavy atom. The maximum atomic E-state index is 12.9. The van der Waals surface area contributed by atoms with Crippen LogP contribution < -0.4 is 5.32 Å². The smallest absolute Gasteiger partial charge is 0.337 e. The van der Waals surface area contributed by atoms with Gasteiger partial charge in [0.2, 0.25) is 10.0 Å². The number of ether oxygens (including phenoxy) is 1. The van der Waals surface area contributed by atoms with Crippen LogP contribution in [0.5, 0.6) is 0 Å². The molecule has 2 fully saturated rings. The van der Waals surface area contributed by atoms with Crippen LogP contribution in [0.15, 0.2) is 29.2 Å². The molecule has 0 amide bonds. The SMILES string of the molecule is COC(=O)c1cccc(S(=O)(=O)N(C)C2CC3CCC(C2)N3)c1.Cl. The van der Waals surface area contributed by atoms with Crippen molar-refractivity contribution in [1.82, 2.24) is 9.62 Å². The summed E-state index contributed by atoms with van der Waals surface area (Å²) in [4.78, 5) is 11.8. The Bertz CT molecular complexity index is 698. The van der Waals surface area contributed by atoms with Crippen molar-refractivity contribution in [2.75, 3.05) is 14.2 Å². The quantitative estimate of drug-likeness (QED) is 0.813. The monoisotopic (exact) mass is 374 g/mol. The standard InChI is InChI=1S/C16H22N2O4S.ClH/c1-18(14-9-12-6-7-13(10-14)17-12)23(20,21)15-5-3-4-11(8-15)16(19)22-2;/h3-5,8,12-14,17H,6-7,9-10H2,1-2H3;1H. The van der Waals surface area contributed by atoms with E-state index >= 15 is 0 Å². The lowest BCUT2D eigenvalue weighted by Crippen LogP contribution is -2.48. The van der Waals surface area contributed by atoms with Crippen LogP contribution in [-0.2, 0) is 14.8 Å². The van der Waals surface area contributed by atoms with Crippen molar-refractivity contribution in [3.05, 3.63) is 29.8 Å². The van der Waals surface area contributed by atoms with Gasteiger partial charge in [0.05, 0.1) is 17.6 Å². The topological polar surface area (TPSA) is 75.7 Å². The van der Waals surface area contributed by atoms with Gasteiger partial charge in [-0.1, -0.05) is 6.07 Å². The Morgan fingerprint density at radius 3 is 2.46 bits per heavy atom. The zero-order valence-electron chi connectivity index (χ0n) is 13.8. The van der Waals surface area contributed by atoms with Crippen molar-refractivity contribution in [2.24, 2.45) is 0 Å². The summed E-state index contributed by atoms with van der Waals surface area (Å²) in [5.74, 6) is -0.537. The zero-order valence-corrected chi connectivity index (χ0v) is 15.4. The Labute approximate surface area is 149 Å². The highest BCUT2D eigenvalue weighted by Crippen LogP contribution is 2.31. The average molecular weight is 375 g/mol. The molecule has 2 unspecified atom stereocenters. The van der Waals surface area contributed by atoms with E-state index in [2.05, 4.69) is 10.1 Å². The van der Waals surface area contributed by atoms with Crippen LogP contribution in [0, 0.1) is 0 Å². The summed E-state index contributed by atoms with van der Waals surface area (Å²) < 4.78 is 31.9. The van der Waals surface area contributed by atoms with Crippen molar-refractivity contribution in [2.45, 2.75) is 48.7 Å². The Kier molecular flexibility index (Phi) is 5.91. The van der Waals surface area contributed by atoms with Crippen LogP contribution in [0.2, 0.25) is 0 Å². The highest BCUT2D eigenvalue weighted by atomic mass is 35.5. The predicted molar refractivity (Wildman–Crippen MR) is 92.9 cm³/mol. The molecular formula is C16H23ClN2O4S. The molecule has 2 aliphatic heterocycles. The molecule has 1 aromatic rings. The van der Waals surface area contributed by atoms with Gasteiger partial charge in [0, 0.05) is 25.2 Å². The van der Waals surface area contributed by atoms with Crippen LogP contribution in [-0.4, -0.2) is 51.0 Å². The first-order valence-electron chi connectivity index (χ1n) is 7.84. The maximum absolute atomic E-state index is 12.9. The second kappa shape index (κ2) is 7.39. The van der Waals surface area contributed by atoms with Crippen LogP contribution in [0.3, 0.4) is 0 Å². The Balaban J connectivity index is 0.00000208. The molecule has 2 heterocycles. The lowest BCUT2D eigenvalue weighted by Gasteiger charge is -2.34. The van der Waals surface area contributed by atoms with Gasteiger partial charge in [-0.15, -0.1) is 12.4 Å². The van der Waals surface area contributed by atoms with Gasteiger partial charge in [0.1, 0.15) is 0 Å². The minimum Gasteiger partial charge on any atom is -0.465 e. The molecule has 24 heavy (non-hydrogen) atoms. The van der Waals surface area contributed by atoms with Gasteiger partial charge < -0.3 is 10.1 Å². The van der Waals surface area contributed by atoms with Crippen LogP contribution >= 0.6 is 12.4 Å². The number of rotatable bonds is 4. The van der Waals surface area contributed by atoms with Crippen molar-refractivity contribution >= 4 is 28.4 Å². The third-order valence-corrected chi connectivity index (χ3v) is 6.80. The fourth-order valence-corrected chi connectivity index (χ4v) is 5.01. The lowest BCUT2D eigenvalue weighted by molar-refractivity contribution is 0.0600. The number of hydrogen-bond donors (Lipinski definition) is 1. The summed E-state index contributed by atoms with van der Waals surface area (Å²) in [7, 11) is -0.711. The number of hydrogen-bond acceptors (Lipinski definition) is 5. The van der Waals surface area contributed by atoms with Crippen molar-refractivity contribution in [3.63, 3.8) is 0 Å². The van der Waals surface area contributed by atoms with Crippen molar-refractivity contribution in [3.8, 4) is 0 Å². The van der Waals surface area contributed by atoms with E-state index in [0.29, 0.717) is 12.1 Å². The van der Waals surface area contributed by atoms with E-state index in [1.165, 1.54) is 23.5 Å². The molecule has 0 spiro atoms. The van der Waals surface area contributed by atoms with Crippen molar-refractivity contribution < 1.29 is 17.9 Å².